The highest BCUT2D eigenvalue weighted by Crippen LogP contribution is 2.15. The van der Waals surface area contributed by atoms with E-state index in [1.165, 1.54) is 70.8 Å². The van der Waals surface area contributed by atoms with Crippen molar-refractivity contribution in [3.8, 4) is 0 Å². The summed E-state index contributed by atoms with van der Waals surface area (Å²) in [5, 5.41) is 12.4. The maximum atomic E-state index is 12.4. The van der Waals surface area contributed by atoms with Gasteiger partial charge in [0.1, 0.15) is 5.82 Å². The topological polar surface area (TPSA) is 101 Å². The molecule has 0 aromatic carbocycles. The van der Waals surface area contributed by atoms with E-state index in [-0.39, 0.29) is 12.5 Å². The molecule has 1 amide bonds. The van der Waals surface area contributed by atoms with Crippen LogP contribution in [-0.4, -0.2) is 66.8 Å². The first-order valence-electron chi connectivity index (χ1n) is 15.1. The van der Waals surface area contributed by atoms with Crippen molar-refractivity contribution in [3.63, 3.8) is 0 Å². The minimum absolute atomic E-state index is 0.0293. The van der Waals surface area contributed by atoms with E-state index in [4.69, 9.17) is 0 Å². The minimum atomic E-state index is -0.715. The molecular formula is C29H51N5O4. The van der Waals surface area contributed by atoms with Gasteiger partial charge >= 0.3 is 0 Å². The van der Waals surface area contributed by atoms with Gasteiger partial charge in [-0.05, 0) is 37.9 Å². The summed E-state index contributed by atoms with van der Waals surface area (Å²) < 4.78 is 0. The van der Waals surface area contributed by atoms with Crippen LogP contribution in [0.5, 0.6) is 0 Å². The molecule has 2 heterocycles. The number of pyridine rings is 1. The van der Waals surface area contributed by atoms with Crippen molar-refractivity contribution in [2.45, 2.75) is 103 Å². The summed E-state index contributed by atoms with van der Waals surface area (Å²) in [6.45, 7) is 8.53. The van der Waals surface area contributed by atoms with E-state index in [1.54, 1.807) is 6.20 Å². The summed E-state index contributed by atoms with van der Waals surface area (Å²) in [6, 6.07) is 3.88. The van der Waals surface area contributed by atoms with E-state index in [0.29, 0.717) is 5.56 Å². The van der Waals surface area contributed by atoms with Gasteiger partial charge in [0.15, 0.2) is 0 Å². The van der Waals surface area contributed by atoms with Crippen molar-refractivity contribution in [3.05, 3.63) is 34.0 Å². The zero-order valence-corrected chi connectivity index (χ0v) is 23.7. The van der Waals surface area contributed by atoms with Crippen LogP contribution in [0.25, 0.3) is 0 Å². The number of rotatable bonds is 22. The van der Waals surface area contributed by atoms with Crippen molar-refractivity contribution in [1.29, 1.82) is 0 Å². The Morgan fingerprint density at radius 2 is 1.47 bits per heavy atom. The van der Waals surface area contributed by atoms with Gasteiger partial charge in [0.2, 0.25) is 0 Å². The monoisotopic (exact) mass is 533 g/mol. The summed E-state index contributed by atoms with van der Waals surface area (Å²) in [7, 11) is 0. The molecule has 9 heteroatoms. The number of carbonyl (C=O) groups excluding carboxylic acids is 1. The highest BCUT2D eigenvalue weighted by molar-refractivity contribution is 5.94. The maximum absolute atomic E-state index is 12.4. The second kappa shape index (κ2) is 20.5. The Bertz CT molecular complexity index is 754. The molecule has 1 saturated heterocycles. The molecule has 1 aliphatic heterocycles. The smallest absolute Gasteiger partial charge is 0.294 e. The Kier molecular flexibility index (Phi) is 17.2. The van der Waals surface area contributed by atoms with E-state index in [2.05, 4.69) is 31.9 Å². The predicted octanol–water partition coefficient (Wildman–Crippen LogP) is 6.01. The molecule has 1 N–H and O–H groups in total. The Hall–Kier alpha value is -2.42. The summed E-state index contributed by atoms with van der Waals surface area (Å²) in [4.78, 5) is 36.2. The molecule has 2 rings (SSSR count). The third-order valence-electron chi connectivity index (χ3n) is 7.34. The largest absolute Gasteiger partial charge is 0.354 e. The predicted molar refractivity (Wildman–Crippen MR) is 153 cm³/mol. The number of carbonyl (C=O) groups is 1. The van der Waals surface area contributed by atoms with Crippen LogP contribution in [-0.2, 0) is 4.84 Å². The van der Waals surface area contributed by atoms with Crippen LogP contribution < -0.4 is 10.2 Å². The second-order valence-corrected chi connectivity index (χ2v) is 10.5. The zero-order chi connectivity index (χ0) is 27.3. The highest BCUT2D eigenvalue weighted by Gasteiger charge is 2.17. The normalized spacial score (nSPS) is 14.0. The fraction of sp³-hybridized carbons (Fsp3) is 0.793. The van der Waals surface area contributed by atoms with Gasteiger partial charge in [-0.1, -0.05) is 84.0 Å². The third-order valence-corrected chi connectivity index (χ3v) is 7.34. The van der Waals surface area contributed by atoms with E-state index < -0.39 is 5.09 Å². The molecule has 0 saturated carbocycles. The van der Waals surface area contributed by atoms with Crippen molar-refractivity contribution in [2.75, 3.05) is 50.8 Å². The standard InChI is InChI=1S/C29H51N5O4/c1-2-3-20-32-21-23-33(24-22-32)28-18-17-27(26-31-28)29(35)30-19-15-13-11-9-7-5-4-6-8-10-12-14-16-25-38-34(36)37/h17-18,26H,2-16,19-25H2,1H3,(H,30,35). The number of unbranched alkanes of at least 4 members (excludes halogenated alkanes) is 13. The van der Waals surface area contributed by atoms with Gasteiger partial charge in [-0.3, -0.25) is 9.69 Å². The van der Waals surface area contributed by atoms with Crippen LogP contribution in [0.1, 0.15) is 114 Å². The van der Waals surface area contributed by atoms with Gasteiger partial charge in [0.05, 0.1) is 12.2 Å². The minimum Gasteiger partial charge on any atom is -0.354 e. The fourth-order valence-electron chi connectivity index (χ4n) is 4.90. The molecule has 0 atom stereocenters. The number of hydrogen-bond donors (Lipinski definition) is 1. The number of anilines is 1. The average molecular weight is 534 g/mol. The molecule has 1 fully saturated rings. The first kappa shape index (κ1) is 31.8. The lowest BCUT2D eigenvalue weighted by atomic mass is 10.0. The number of hydrogen-bond acceptors (Lipinski definition) is 7. The molecule has 0 unspecified atom stereocenters. The zero-order valence-electron chi connectivity index (χ0n) is 23.7. The lowest BCUT2D eigenvalue weighted by molar-refractivity contribution is -0.757. The summed E-state index contributed by atoms with van der Waals surface area (Å²) >= 11 is 0. The van der Waals surface area contributed by atoms with Crippen LogP contribution in [0.2, 0.25) is 0 Å². The van der Waals surface area contributed by atoms with Crippen LogP contribution >= 0.6 is 0 Å². The fourth-order valence-corrected chi connectivity index (χ4v) is 4.90. The Morgan fingerprint density at radius 1 is 0.895 bits per heavy atom. The van der Waals surface area contributed by atoms with Gasteiger partial charge in [0, 0.05) is 38.9 Å². The average Bonchev–Trinajstić information content (AvgIpc) is 2.93. The van der Waals surface area contributed by atoms with Crippen molar-refractivity contribution in [2.24, 2.45) is 0 Å². The molecule has 1 aromatic heterocycles. The molecule has 1 aliphatic rings. The number of nitrogens with zero attached hydrogens (tertiary/aromatic N) is 4. The number of aromatic nitrogens is 1. The van der Waals surface area contributed by atoms with Crippen LogP contribution in [0.15, 0.2) is 18.3 Å². The van der Waals surface area contributed by atoms with Crippen LogP contribution in [0.3, 0.4) is 0 Å². The third kappa shape index (κ3) is 14.5. The van der Waals surface area contributed by atoms with E-state index >= 15 is 0 Å². The molecule has 0 bridgehead atoms. The Balaban J connectivity index is 1.40. The molecule has 38 heavy (non-hydrogen) atoms. The molecular weight excluding hydrogens is 482 g/mol. The van der Waals surface area contributed by atoms with E-state index in [1.807, 2.05) is 12.1 Å². The van der Waals surface area contributed by atoms with Crippen molar-refractivity contribution >= 4 is 11.7 Å². The highest BCUT2D eigenvalue weighted by atomic mass is 16.9. The lowest BCUT2D eigenvalue weighted by Crippen LogP contribution is -2.46. The first-order chi connectivity index (χ1) is 18.6. The molecule has 9 nitrogen and oxygen atoms in total. The van der Waals surface area contributed by atoms with Crippen LogP contribution in [0, 0.1) is 10.1 Å². The van der Waals surface area contributed by atoms with Crippen molar-refractivity contribution in [1.82, 2.24) is 15.2 Å². The maximum Gasteiger partial charge on any atom is 0.294 e. The second-order valence-electron chi connectivity index (χ2n) is 10.5. The molecule has 0 aliphatic carbocycles. The van der Waals surface area contributed by atoms with E-state index in [0.717, 1.165) is 70.6 Å². The van der Waals surface area contributed by atoms with Gasteiger partial charge in [0.25, 0.3) is 11.0 Å². The summed E-state index contributed by atoms with van der Waals surface area (Å²) in [6.07, 6.45) is 19.4. The quantitative estimate of drug-likeness (QED) is 0.111. The van der Waals surface area contributed by atoms with Gasteiger partial charge in [-0.25, -0.2) is 4.98 Å². The molecule has 0 radical (unpaired) electrons. The van der Waals surface area contributed by atoms with Gasteiger partial charge < -0.3 is 15.1 Å². The SMILES string of the molecule is CCCCN1CCN(c2ccc(C(=O)NCCCCCCCCCCCCCCCO[N+](=O)[O-])cn2)CC1. The first-order valence-corrected chi connectivity index (χ1v) is 15.1. The van der Waals surface area contributed by atoms with Gasteiger partial charge in [-0.15, -0.1) is 10.1 Å². The van der Waals surface area contributed by atoms with Crippen molar-refractivity contribution < 1.29 is 14.7 Å². The molecule has 216 valence electrons. The Morgan fingerprint density at radius 3 is 2.00 bits per heavy atom. The van der Waals surface area contributed by atoms with E-state index in [9.17, 15) is 14.9 Å². The molecule has 1 aromatic rings. The number of amides is 1. The summed E-state index contributed by atoms with van der Waals surface area (Å²) in [5.74, 6) is 0.938. The van der Waals surface area contributed by atoms with Gasteiger partial charge in [-0.2, -0.15) is 0 Å². The number of nitrogens with one attached hydrogen (secondary N) is 1. The molecule has 0 spiro atoms. The summed E-state index contributed by atoms with van der Waals surface area (Å²) in [5.41, 5.74) is 0.638. The lowest BCUT2D eigenvalue weighted by Gasteiger charge is -2.35. The van der Waals surface area contributed by atoms with Crippen LogP contribution in [0.4, 0.5) is 5.82 Å². The number of piperazine rings is 1. The Labute approximate surface area is 229 Å².